The molecular weight excluding hydrogens is 232 g/mol. The lowest BCUT2D eigenvalue weighted by molar-refractivity contribution is 0.268. The van der Waals surface area contributed by atoms with Crippen molar-refractivity contribution in [2.45, 2.75) is 45.6 Å². The Kier molecular flexibility index (Phi) is 8.52. The molecule has 0 radical (unpaired) electrons. The monoisotopic (exact) mass is 262 g/mol. The van der Waals surface area contributed by atoms with Gasteiger partial charge < -0.3 is 10.2 Å². The molecule has 1 N–H and O–H groups in total. The average Bonchev–Trinajstić information content (AvgIpc) is 2.42. The Balaban J connectivity index is 1.89. The Morgan fingerprint density at radius 1 is 1.00 bits per heavy atom. The fourth-order valence-electron chi connectivity index (χ4n) is 2.06. The van der Waals surface area contributed by atoms with Crippen LogP contribution in [0, 0.1) is 0 Å². The summed E-state index contributed by atoms with van der Waals surface area (Å²) in [6.45, 7) is 8.00. The third kappa shape index (κ3) is 8.02. The maximum absolute atomic E-state index is 3.54. The molecule has 0 fully saturated rings. The number of rotatable bonds is 10. The highest BCUT2D eigenvalue weighted by Gasteiger charge is 2.01. The smallest absolute Gasteiger partial charge is 0.00355 e. The van der Waals surface area contributed by atoms with E-state index in [1.54, 1.807) is 0 Å². The van der Waals surface area contributed by atoms with Gasteiger partial charge in [0, 0.05) is 6.04 Å². The van der Waals surface area contributed by atoms with Gasteiger partial charge in [-0.3, -0.25) is 0 Å². The second-order valence-corrected chi connectivity index (χ2v) is 5.62. The molecule has 0 saturated heterocycles. The van der Waals surface area contributed by atoms with Crippen molar-refractivity contribution in [3.63, 3.8) is 0 Å². The molecule has 0 aliphatic heterocycles. The van der Waals surface area contributed by atoms with Gasteiger partial charge in [0.05, 0.1) is 0 Å². The van der Waals surface area contributed by atoms with Gasteiger partial charge in [0.1, 0.15) is 0 Å². The molecule has 1 aromatic rings. The number of nitrogens with one attached hydrogen (secondary N) is 1. The molecule has 0 amide bonds. The first-order valence-electron chi connectivity index (χ1n) is 7.65. The molecule has 108 valence electrons. The summed E-state index contributed by atoms with van der Waals surface area (Å²) in [5, 5.41) is 3.54. The fourth-order valence-corrected chi connectivity index (χ4v) is 2.06. The topological polar surface area (TPSA) is 15.3 Å². The quantitative estimate of drug-likeness (QED) is 0.651. The molecule has 0 bridgehead atoms. The lowest BCUT2D eigenvalue weighted by Gasteiger charge is -2.20. The minimum Gasteiger partial charge on any atom is -0.317 e. The van der Waals surface area contributed by atoms with E-state index in [1.165, 1.54) is 37.8 Å². The number of nitrogens with zero attached hydrogens (tertiary/aromatic N) is 1. The standard InChI is InChI=1S/C17H30N2/c1-16(2)19(3)15-8-7-13-18-14-9-12-17-10-5-4-6-11-17/h4-6,10-11,16,18H,7-9,12-15H2,1-3H3. The largest absolute Gasteiger partial charge is 0.317 e. The van der Waals surface area contributed by atoms with Crippen LogP contribution in [0.2, 0.25) is 0 Å². The van der Waals surface area contributed by atoms with E-state index in [9.17, 15) is 0 Å². The normalized spacial score (nSPS) is 11.4. The Morgan fingerprint density at radius 3 is 2.37 bits per heavy atom. The number of benzene rings is 1. The predicted molar refractivity (Wildman–Crippen MR) is 84.6 cm³/mol. The van der Waals surface area contributed by atoms with Crippen molar-refractivity contribution in [1.82, 2.24) is 10.2 Å². The summed E-state index contributed by atoms with van der Waals surface area (Å²) in [5.41, 5.74) is 1.45. The van der Waals surface area contributed by atoms with Crippen LogP contribution in [0.15, 0.2) is 30.3 Å². The molecule has 0 saturated carbocycles. The van der Waals surface area contributed by atoms with Crippen molar-refractivity contribution >= 4 is 0 Å². The zero-order valence-corrected chi connectivity index (χ0v) is 12.9. The highest BCUT2D eigenvalue weighted by atomic mass is 15.1. The van der Waals surface area contributed by atoms with E-state index in [0.717, 1.165) is 13.1 Å². The van der Waals surface area contributed by atoms with Gasteiger partial charge in [0.15, 0.2) is 0 Å². The molecule has 19 heavy (non-hydrogen) atoms. The first kappa shape index (κ1) is 16.2. The maximum Gasteiger partial charge on any atom is 0.00355 e. The van der Waals surface area contributed by atoms with Crippen LogP contribution in [-0.4, -0.2) is 37.6 Å². The van der Waals surface area contributed by atoms with Crippen LogP contribution < -0.4 is 5.32 Å². The summed E-state index contributed by atoms with van der Waals surface area (Å²) in [6, 6.07) is 11.4. The lowest BCUT2D eigenvalue weighted by Crippen LogP contribution is -2.28. The van der Waals surface area contributed by atoms with E-state index in [2.05, 4.69) is 61.4 Å². The van der Waals surface area contributed by atoms with Gasteiger partial charge >= 0.3 is 0 Å². The summed E-state index contributed by atoms with van der Waals surface area (Å²) in [5.74, 6) is 0. The summed E-state index contributed by atoms with van der Waals surface area (Å²) in [4.78, 5) is 2.41. The maximum atomic E-state index is 3.54. The van der Waals surface area contributed by atoms with E-state index in [4.69, 9.17) is 0 Å². The zero-order valence-electron chi connectivity index (χ0n) is 12.9. The molecule has 1 rings (SSSR count). The van der Waals surface area contributed by atoms with Crippen molar-refractivity contribution in [2.75, 3.05) is 26.7 Å². The summed E-state index contributed by atoms with van der Waals surface area (Å²) in [7, 11) is 2.21. The van der Waals surface area contributed by atoms with Crippen LogP contribution in [-0.2, 0) is 6.42 Å². The summed E-state index contributed by atoms with van der Waals surface area (Å²) in [6.07, 6.45) is 4.99. The zero-order chi connectivity index (χ0) is 13.9. The van der Waals surface area contributed by atoms with E-state index < -0.39 is 0 Å². The SMILES string of the molecule is CC(C)N(C)CCCCNCCCc1ccccc1. The van der Waals surface area contributed by atoms with Gasteiger partial charge in [0.25, 0.3) is 0 Å². The second kappa shape index (κ2) is 9.99. The van der Waals surface area contributed by atoms with Gasteiger partial charge in [-0.1, -0.05) is 30.3 Å². The number of hydrogen-bond donors (Lipinski definition) is 1. The van der Waals surface area contributed by atoms with Crippen molar-refractivity contribution in [3.8, 4) is 0 Å². The minimum absolute atomic E-state index is 0.666. The molecule has 0 spiro atoms. The van der Waals surface area contributed by atoms with Gasteiger partial charge in [-0.15, -0.1) is 0 Å². The first-order valence-corrected chi connectivity index (χ1v) is 7.65. The van der Waals surface area contributed by atoms with E-state index >= 15 is 0 Å². The van der Waals surface area contributed by atoms with Crippen molar-refractivity contribution < 1.29 is 0 Å². The Hall–Kier alpha value is -0.860. The van der Waals surface area contributed by atoms with Crippen LogP contribution in [0.1, 0.15) is 38.7 Å². The van der Waals surface area contributed by atoms with Gasteiger partial charge in [-0.25, -0.2) is 0 Å². The van der Waals surface area contributed by atoms with Gasteiger partial charge in [-0.2, -0.15) is 0 Å². The summed E-state index contributed by atoms with van der Waals surface area (Å²) >= 11 is 0. The predicted octanol–water partition coefficient (Wildman–Crippen LogP) is 3.33. The van der Waals surface area contributed by atoms with E-state index in [0.29, 0.717) is 6.04 Å². The molecule has 1 aromatic carbocycles. The van der Waals surface area contributed by atoms with E-state index in [1.807, 2.05) is 0 Å². The Morgan fingerprint density at radius 2 is 1.68 bits per heavy atom. The highest BCUT2D eigenvalue weighted by molar-refractivity contribution is 5.14. The highest BCUT2D eigenvalue weighted by Crippen LogP contribution is 2.01. The van der Waals surface area contributed by atoms with Crippen molar-refractivity contribution in [2.24, 2.45) is 0 Å². The molecule has 0 aliphatic carbocycles. The second-order valence-electron chi connectivity index (χ2n) is 5.62. The third-order valence-electron chi connectivity index (χ3n) is 3.66. The van der Waals surface area contributed by atoms with Crippen LogP contribution in [0.3, 0.4) is 0 Å². The fraction of sp³-hybridized carbons (Fsp3) is 0.647. The molecule has 2 heteroatoms. The van der Waals surface area contributed by atoms with Crippen molar-refractivity contribution in [1.29, 1.82) is 0 Å². The molecular formula is C17H30N2. The van der Waals surface area contributed by atoms with Gasteiger partial charge in [-0.05, 0) is 71.8 Å². The van der Waals surface area contributed by atoms with Crippen LogP contribution in [0.5, 0.6) is 0 Å². The molecule has 0 aromatic heterocycles. The Bertz CT molecular complexity index is 308. The van der Waals surface area contributed by atoms with Crippen LogP contribution in [0.25, 0.3) is 0 Å². The molecule has 0 atom stereocenters. The molecule has 2 nitrogen and oxygen atoms in total. The van der Waals surface area contributed by atoms with Crippen LogP contribution in [0.4, 0.5) is 0 Å². The van der Waals surface area contributed by atoms with E-state index in [-0.39, 0.29) is 0 Å². The molecule has 0 aliphatic rings. The number of unbranched alkanes of at least 4 members (excludes halogenated alkanes) is 1. The minimum atomic E-state index is 0.666. The van der Waals surface area contributed by atoms with Crippen molar-refractivity contribution in [3.05, 3.63) is 35.9 Å². The van der Waals surface area contributed by atoms with Gasteiger partial charge in [0.2, 0.25) is 0 Å². The molecule has 0 unspecified atom stereocenters. The Labute approximate surface area is 119 Å². The van der Waals surface area contributed by atoms with Crippen LogP contribution >= 0.6 is 0 Å². The summed E-state index contributed by atoms with van der Waals surface area (Å²) < 4.78 is 0. The average molecular weight is 262 g/mol. The molecule has 0 heterocycles. The lowest BCUT2D eigenvalue weighted by atomic mass is 10.1. The number of aryl methyl sites for hydroxylation is 1. The first-order chi connectivity index (χ1) is 9.20. The third-order valence-corrected chi connectivity index (χ3v) is 3.66. The number of hydrogen-bond acceptors (Lipinski definition) is 2.